The van der Waals surface area contributed by atoms with E-state index < -0.39 is 47.2 Å². The summed E-state index contributed by atoms with van der Waals surface area (Å²) in [5.74, 6) is -0.796. The first kappa shape index (κ1) is 22.5. The fraction of sp³-hybridized carbons (Fsp3) is 0.0588. The summed E-state index contributed by atoms with van der Waals surface area (Å²) >= 11 is 0. The van der Waals surface area contributed by atoms with Crippen LogP contribution in [0.5, 0.6) is 11.5 Å². The van der Waals surface area contributed by atoms with Crippen molar-refractivity contribution in [3.05, 3.63) is 70.1 Å². The molecule has 0 unspecified atom stereocenters. The summed E-state index contributed by atoms with van der Waals surface area (Å²) in [6.45, 7) is 0. The largest absolute Gasteiger partial charge is 0.507 e. The van der Waals surface area contributed by atoms with E-state index in [1.54, 1.807) is 0 Å². The molecular weight excluding hydrogens is 424 g/mol. The van der Waals surface area contributed by atoms with Gasteiger partial charge in [0.1, 0.15) is 16.4 Å². The molecule has 10 nitrogen and oxygen atoms in total. The monoisotopic (exact) mass is 442 g/mol. The fourth-order valence-electron chi connectivity index (χ4n) is 2.32. The minimum atomic E-state index is -5.32. The van der Waals surface area contributed by atoms with Crippen molar-refractivity contribution in [3.63, 3.8) is 0 Å². The average molecular weight is 442 g/mol. The quantitative estimate of drug-likeness (QED) is 0.212. The highest BCUT2D eigenvalue weighted by Crippen LogP contribution is 2.33. The van der Waals surface area contributed by atoms with E-state index in [4.69, 9.17) is 11.5 Å². The highest BCUT2D eigenvalue weighted by molar-refractivity contribution is 7.90. The highest BCUT2D eigenvalue weighted by atomic mass is 32.2. The predicted molar refractivity (Wildman–Crippen MR) is 106 cm³/mol. The molecule has 12 heteroatoms. The van der Waals surface area contributed by atoms with Crippen molar-refractivity contribution >= 4 is 32.4 Å². The van der Waals surface area contributed by atoms with Crippen LogP contribution in [-0.4, -0.2) is 41.1 Å². The lowest BCUT2D eigenvalue weighted by Gasteiger charge is -2.25. The van der Waals surface area contributed by atoms with Crippen molar-refractivity contribution in [2.24, 2.45) is 11.5 Å². The maximum atomic E-state index is 12.1. The molecule has 0 aliphatic rings. The third kappa shape index (κ3) is 5.00. The second kappa shape index (κ2) is 7.94. The third-order valence-electron chi connectivity index (χ3n) is 3.85. The first-order chi connectivity index (χ1) is 13.2. The van der Waals surface area contributed by atoms with Crippen LogP contribution in [0.4, 0.5) is 0 Å². The van der Waals surface area contributed by atoms with Gasteiger partial charge in [-0.2, -0.15) is 16.8 Å². The topological polar surface area (TPSA) is 201 Å². The van der Waals surface area contributed by atoms with Gasteiger partial charge in [-0.3, -0.25) is 20.6 Å². The van der Waals surface area contributed by atoms with Crippen LogP contribution in [0.3, 0.4) is 0 Å². The standard InChI is InChI=1S/C17H18N2O8S2/c18-17(19,29(25,26)27)13(9-11-5-1-3-7-14(11)20)16(28(22,23)24)10-12-6-2-4-8-15(12)21/h1-10,20-21H,18-19H2,(H,22,23,24)(H,25,26,27). The zero-order valence-corrected chi connectivity index (χ0v) is 16.3. The van der Waals surface area contributed by atoms with E-state index in [0.29, 0.717) is 0 Å². The second-order valence-electron chi connectivity index (χ2n) is 5.93. The number of aromatic hydroxyl groups is 2. The molecule has 0 fully saturated rings. The van der Waals surface area contributed by atoms with E-state index >= 15 is 0 Å². The Labute approximate surface area is 166 Å². The second-order valence-corrected chi connectivity index (χ2v) is 8.94. The van der Waals surface area contributed by atoms with Gasteiger partial charge in [0.25, 0.3) is 10.1 Å². The van der Waals surface area contributed by atoms with Crippen LogP contribution in [0.25, 0.3) is 12.2 Å². The van der Waals surface area contributed by atoms with Crippen molar-refractivity contribution in [1.82, 2.24) is 0 Å². The van der Waals surface area contributed by atoms with Gasteiger partial charge < -0.3 is 10.2 Å². The van der Waals surface area contributed by atoms with Gasteiger partial charge in [-0.25, -0.2) is 0 Å². The van der Waals surface area contributed by atoms with Crippen LogP contribution in [0.15, 0.2) is 59.0 Å². The molecular formula is C17H18N2O8S2. The number of hydrogen-bond donors (Lipinski definition) is 6. The van der Waals surface area contributed by atoms with Crippen molar-refractivity contribution in [1.29, 1.82) is 0 Å². The van der Waals surface area contributed by atoms with Crippen LogP contribution in [0.2, 0.25) is 0 Å². The summed E-state index contributed by atoms with van der Waals surface area (Å²) in [6, 6.07) is 10.7. The van der Waals surface area contributed by atoms with E-state index in [1.807, 2.05) is 0 Å². The summed E-state index contributed by atoms with van der Waals surface area (Å²) < 4.78 is 66.8. The van der Waals surface area contributed by atoms with Gasteiger partial charge in [0.05, 0.1) is 0 Å². The summed E-state index contributed by atoms with van der Waals surface area (Å²) in [4.78, 5) is -4.33. The van der Waals surface area contributed by atoms with Crippen LogP contribution in [0, 0.1) is 0 Å². The molecule has 0 radical (unpaired) electrons. The van der Waals surface area contributed by atoms with Gasteiger partial charge in [0.2, 0.25) is 4.99 Å². The lowest BCUT2D eigenvalue weighted by atomic mass is 10.0. The van der Waals surface area contributed by atoms with Gasteiger partial charge >= 0.3 is 10.1 Å². The van der Waals surface area contributed by atoms with Crippen LogP contribution in [0.1, 0.15) is 11.1 Å². The first-order valence-electron chi connectivity index (χ1n) is 7.77. The molecule has 0 saturated heterocycles. The minimum Gasteiger partial charge on any atom is -0.507 e. The fourth-order valence-corrected chi connectivity index (χ4v) is 3.62. The molecule has 0 heterocycles. The number of nitrogens with two attached hydrogens (primary N) is 2. The molecule has 0 aliphatic carbocycles. The van der Waals surface area contributed by atoms with E-state index in [1.165, 1.54) is 48.5 Å². The summed E-state index contributed by atoms with van der Waals surface area (Å²) in [6.07, 6.45) is 1.50. The first-order valence-corrected chi connectivity index (χ1v) is 10.7. The smallest absolute Gasteiger partial charge is 0.302 e. The van der Waals surface area contributed by atoms with Gasteiger partial charge in [-0.1, -0.05) is 36.4 Å². The maximum absolute atomic E-state index is 12.1. The summed E-state index contributed by atoms with van der Waals surface area (Å²) in [5.41, 5.74) is 9.86. The molecule has 0 atom stereocenters. The van der Waals surface area contributed by atoms with Gasteiger partial charge in [0, 0.05) is 16.7 Å². The zero-order valence-electron chi connectivity index (χ0n) is 14.7. The predicted octanol–water partition coefficient (Wildman–Crippen LogP) is 0.869. The SMILES string of the molecule is NC(N)(C(=Cc1ccccc1O)C(=Cc1ccccc1O)S(=O)(=O)O)S(=O)(=O)O. The molecule has 156 valence electrons. The number of rotatable bonds is 6. The number of phenolic OH excluding ortho intramolecular Hbond substituents is 2. The molecule has 29 heavy (non-hydrogen) atoms. The van der Waals surface area contributed by atoms with Gasteiger partial charge in [0.15, 0.2) is 0 Å². The molecule has 2 aromatic rings. The Kier molecular flexibility index (Phi) is 6.18. The molecule has 2 aromatic carbocycles. The van der Waals surface area contributed by atoms with Gasteiger partial charge in [-0.05, 0) is 24.3 Å². The molecule has 0 spiro atoms. The molecule has 0 bridgehead atoms. The highest BCUT2D eigenvalue weighted by Gasteiger charge is 2.43. The number of para-hydroxylation sites is 2. The molecule has 8 N–H and O–H groups in total. The third-order valence-corrected chi connectivity index (χ3v) is 5.82. The van der Waals surface area contributed by atoms with Crippen molar-refractivity contribution in [2.75, 3.05) is 0 Å². The van der Waals surface area contributed by atoms with E-state index in [9.17, 15) is 36.2 Å². The molecule has 0 aromatic heterocycles. The molecule has 2 rings (SSSR count). The Morgan fingerprint density at radius 1 is 0.793 bits per heavy atom. The minimum absolute atomic E-state index is 0.113. The van der Waals surface area contributed by atoms with Crippen LogP contribution >= 0.6 is 0 Å². The normalized spacial score (nSPS) is 14.1. The van der Waals surface area contributed by atoms with Gasteiger partial charge in [-0.15, -0.1) is 0 Å². The lowest BCUT2D eigenvalue weighted by Crippen LogP contribution is -2.58. The summed E-state index contributed by atoms with van der Waals surface area (Å²) in [5, 5.41) is 19.8. The van der Waals surface area contributed by atoms with E-state index in [-0.39, 0.29) is 11.1 Å². The maximum Gasteiger partial charge on any atom is 0.302 e. The lowest BCUT2D eigenvalue weighted by molar-refractivity contribution is 0.446. The van der Waals surface area contributed by atoms with Crippen molar-refractivity contribution in [3.8, 4) is 11.5 Å². The Balaban J connectivity index is 2.94. The Morgan fingerprint density at radius 2 is 1.21 bits per heavy atom. The molecule has 0 amide bonds. The summed E-state index contributed by atoms with van der Waals surface area (Å²) in [7, 11) is -10.5. The molecule has 0 saturated carbocycles. The van der Waals surface area contributed by atoms with Crippen LogP contribution in [-0.2, 0) is 20.2 Å². The average Bonchev–Trinajstić information content (AvgIpc) is 2.59. The molecule has 0 aliphatic heterocycles. The Bertz CT molecular complexity index is 1200. The van der Waals surface area contributed by atoms with E-state index in [2.05, 4.69) is 0 Å². The number of hydrogen-bond acceptors (Lipinski definition) is 8. The Morgan fingerprint density at radius 3 is 1.59 bits per heavy atom. The van der Waals surface area contributed by atoms with Crippen molar-refractivity contribution < 1.29 is 36.2 Å². The van der Waals surface area contributed by atoms with E-state index in [0.717, 1.165) is 12.2 Å². The number of phenols is 2. The van der Waals surface area contributed by atoms with Crippen molar-refractivity contribution in [2.45, 2.75) is 4.99 Å². The van der Waals surface area contributed by atoms with Crippen LogP contribution < -0.4 is 11.5 Å². The number of benzene rings is 2. The Hall–Kier alpha value is -2.74. The zero-order chi connectivity index (χ0) is 22.0.